The quantitative estimate of drug-likeness (QED) is 0.852. The molecule has 7 heteroatoms. The molecule has 2 N–H and O–H groups in total. The first-order valence-electron chi connectivity index (χ1n) is 6.66. The summed E-state index contributed by atoms with van der Waals surface area (Å²) in [7, 11) is 0. The van der Waals surface area contributed by atoms with Crippen molar-refractivity contribution in [3.05, 3.63) is 52.4 Å². The molecule has 0 aliphatic heterocycles. The molecule has 0 saturated heterocycles. The minimum Gasteiger partial charge on any atom is -0.479 e. The lowest BCUT2D eigenvalue weighted by Crippen LogP contribution is -2.33. The molecule has 1 heterocycles. The van der Waals surface area contributed by atoms with Gasteiger partial charge in [-0.15, -0.1) is 0 Å². The summed E-state index contributed by atoms with van der Waals surface area (Å²) >= 11 is 5.83. The van der Waals surface area contributed by atoms with Gasteiger partial charge in [0.15, 0.2) is 6.04 Å². The Morgan fingerprint density at radius 2 is 2.05 bits per heavy atom. The molecule has 1 amide bonds. The predicted octanol–water partition coefficient (Wildman–Crippen LogP) is 2.51. The molecule has 22 heavy (non-hydrogen) atoms. The SMILES string of the molecule is Cc1noc(Cl)c1CCC(=O)N[C@@H](C(=O)O)c1ccccc1. The van der Waals surface area contributed by atoms with Crippen molar-refractivity contribution < 1.29 is 19.2 Å². The van der Waals surface area contributed by atoms with Gasteiger partial charge in [-0.1, -0.05) is 35.5 Å². The van der Waals surface area contributed by atoms with Gasteiger partial charge in [0, 0.05) is 12.0 Å². The number of nitrogens with zero attached hydrogens (tertiary/aromatic N) is 1. The molecule has 0 radical (unpaired) electrons. The summed E-state index contributed by atoms with van der Waals surface area (Å²) in [5, 5.41) is 15.6. The molecule has 0 unspecified atom stereocenters. The molecular formula is C15H15ClN2O4. The minimum absolute atomic E-state index is 0.0956. The van der Waals surface area contributed by atoms with Gasteiger partial charge in [-0.25, -0.2) is 4.79 Å². The Morgan fingerprint density at radius 3 is 2.59 bits per heavy atom. The van der Waals surface area contributed by atoms with Crippen LogP contribution in [0.15, 0.2) is 34.9 Å². The number of aliphatic carboxylic acids is 1. The Kier molecular flexibility index (Phi) is 5.16. The third-order valence-electron chi connectivity index (χ3n) is 3.22. The normalized spacial score (nSPS) is 11.9. The van der Waals surface area contributed by atoms with Gasteiger partial charge >= 0.3 is 5.97 Å². The van der Waals surface area contributed by atoms with E-state index >= 15 is 0 Å². The van der Waals surface area contributed by atoms with Gasteiger partial charge in [0.2, 0.25) is 11.1 Å². The Hall–Kier alpha value is -2.34. The first-order valence-corrected chi connectivity index (χ1v) is 7.04. The molecule has 116 valence electrons. The molecule has 2 rings (SSSR count). The second-order valence-electron chi connectivity index (χ2n) is 4.77. The van der Waals surface area contributed by atoms with Crippen molar-refractivity contribution in [1.29, 1.82) is 0 Å². The minimum atomic E-state index is -1.11. The van der Waals surface area contributed by atoms with Crippen molar-refractivity contribution in [3.63, 3.8) is 0 Å². The van der Waals surface area contributed by atoms with Crippen LogP contribution in [0, 0.1) is 6.92 Å². The smallest absolute Gasteiger partial charge is 0.330 e. The zero-order valence-corrected chi connectivity index (χ0v) is 12.6. The standard InChI is InChI=1S/C15H15ClN2O4/c1-9-11(14(16)22-18-9)7-8-12(19)17-13(15(20)21)10-5-3-2-4-6-10/h2-6,13H,7-8H2,1H3,(H,17,19)(H,20,21)/t13-/m1/s1. The van der Waals surface area contributed by atoms with E-state index in [1.807, 2.05) is 0 Å². The van der Waals surface area contributed by atoms with Gasteiger partial charge in [-0.3, -0.25) is 4.79 Å². The number of rotatable bonds is 6. The van der Waals surface area contributed by atoms with Crippen LogP contribution < -0.4 is 5.32 Å². The number of carbonyl (C=O) groups is 2. The van der Waals surface area contributed by atoms with Crippen molar-refractivity contribution in [3.8, 4) is 0 Å². The Morgan fingerprint density at radius 1 is 1.36 bits per heavy atom. The van der Waals surface area contributed by atoms with Crippen molar-refractivity contribution >= 4 is 23.5 Å². The Bertz CT molecular complexity index is 650. The lowest BCUT2D eigenvalue weighted by atomic mass is 10.1. The number of amides is 1. The van der Waals surface area contributed by atoms with Gasteiger partial charge in [0.1, 0.15) is 0 Å². The van der Waals surface area contributed by atoms with Crippen LogP contribution >= 0.6 is 11.6 Å². The summed E-state index contributed by atoms with van der Waals surface area (Å²) in [5.74, 6) is -1.49. The first-order chi connectivity index (χ1) is 10.5. The van der Waals surface area contributed by atoms with Crippen molar-refractivity contribution in [2.75, 3.05) is 0 Å². The highest BCUT2D eigenvalue weighted by molar-refractivity contribution is 6.29. The molecule has 0 aliphatic rings. The van der Waals surface area contributed by atoms with Gasteiger partial charge in [0.05, 0.1) is 5.69 Å². The summed E-state index contributed by atoms with van der Waals surface area (Å²) in [5.41, 5.74) is 1.79. The second-order valence-corrected chi connectivity index (χ2v) is 5.11. The van der Waals surface area contributed by atoms with Crippen LogP contribution in [0.2, 0.25) is 5.22 Å². The molecule has 1 atom stereocenters. The summed E-state index contributed by atoms with van der Waals surface area (Å²) < 4.78 is 4.81. The van der Waals surface area contributed by atoms with E-state index < -0.39 is 12.0 Å². The van der Waals surface area contributed by atoms with Crippen LogP contribution in [0.1, 0.15) is 29.3 Å². The number of hydrogen-bond acceptors (Lipinski definition) is 4. The molecule has 1 aromatic carbocycles. The molecule has 0 saturated carbocycles. The monoisotopic (exact) mass is 322 g/mol. The molecule has 1 aromatic heterocycles. The van der Waals surface area contributed by atoms with E-state index in [-0.39, 0.29) is 17.5 Å². The van der Waals surface area contributed by atoms with E-state index in [9.17, 15) is 14.7 Å². The third-order valence-corrected chi connectivity index (χ3v) is 3.52. The predicted molar refractivity (Wildman–Crippen MR) is 79.5 cm³/mol. The maximum atomic E-state index is 12.0. The van der Waals surface area contributed by atoms with E-state index in [0.29, 0.717) is 23.2 Å². The fraction of sp³-hybridized carbons (Fsp3) is 0.267. The van der Waals surface area contributed by atoms with E-state index in [0.717, 1.165) is 0 Å². The molecule has 0 spiro atoms. The third kappa shape index (κ3) is 3.85. The maximum absolute atomic E-state index is 12.0. The zero-order valence-electron chi connectivity index (χ0n) is 11.9. The number of carbonyl (C=O) groups excluding carboxylic acids is 1. The van der Waals surface area contributed by atoms with Crippen molar-refractivity contribution in [2.45, 2.75) is 25.8 Å². The number of carboxylic acids is 1. The molecule has 0 fully saturated rings. The number of nitrogens with one attached hydrogen (secondary N) is 1. The lowest BCUT2D eigenvalue weighted by Gasteiger charge is -2.14. The fourth-order valence-electron chi connectivity index (χ4n) is 2.04. The highest BCUT2D eigenvalue weighted by Gasteiger charge is 2.22. The zero-order chi connectivity index (χ0) is 16.1. The van der Waals surface area contributed by atoms with Gasteiger partial charge in [0.25, 0.3) is 0 Å². The summed E-state index contributed by atoms with van der Waals surface area (Å²) in [6, 6.07) is 7.45. The van der Waals surface area contributed by atoms with Crippen LogP contribution in [0.4, 0.5) is 0 Å². The topological polar surface area (TPSA) is 92.4 Å². The van der Waals surface area contributed by atoms with E-state index in [1.165, 1.54) is 0 Å². The van der Waals surface area contributed by atoms with Crippen molar-refractivity contribution in [1.82, 2.24) is 10.5 Å². The van der Waals surface area contributed by atoms with E-state index in [2.05, 4.69) is 10.5 Å². The van der Waals surface area contributed by atoms with Crippen LogP contribution in [0.5, 0.6) is 0 Å². The molecular weight excluding hydrogens is 308 g/mol. The summed E-state index contributed by atoms with van der Waals surface area (Å²) in [6.07, 6.45) is 0.430. The average molecular weight is 323 g/mol. The summed E-state index contributed by atoms with van der Waals surface area (Å²) in [4.78, 5) is 23.3. The van der Waals surface area contributed by atoms with Crippen LogP contribution in [0.25, 0.3) is 0 Å². The highest BCUT2D eigenvalue weighted by atomic mass is 35.5. The maximum Gasteiger partial charge on any atom is 0.330 e. The van der Waals surface area contributed by atoms with Gasteiger partial charge < -0.3 is 14.9 Å². The van der Waals surface area contributed by atoms with Crippen LogP contribution in [-0.4, -0.2) is 22.1 Å². The van der Waals surface area contributed by atoms with Gasteiger partial charge in [-0.05, 0) is 30.5 Å². The Labute approximate surface area is 132 Å². The number of carboxylic acid groups (broad SMARTS) is 1. The van der Waals surface area contributed by atoms with E-state index in [1.54, 1.807) is 37.3 Å². The first kappa shape index (κ1) is 16.0. The second kappa shape index (κ2) is 7.09. The van der Waals surface area contributed by atoms with Crippen LogP contribution in [0.3, 0.4) is 0 Å². The molecule has 6 nitrogen and oxygen atoms in total. The Balaban J connectivity index is 1.99. The molecule has 2 aromatic rings. The van der Waals surface area contributed by atoms with Gasteiger partial charge in [-0.2, -0.15) is 0 Å². The average Bonchev–Trinajstić information content (AvgIpc) is 2.82. The number of halogens is 1. The van der Waals surface area contributed by atoms with E-state index in [4.69, 9.17) is 16.1 Å². The lowest BCUT2D eigenvalue weighted by molar-refractivity contribution is -0.142. The fourth-order valence-corrected chi connectivity index (χ4v) is 2.31. The molecule has 0 aliphatic carbocycles. The largest absolute Gasteiger partial charge is 0.479 e. The number of aromatic nitrogens is 1. The number of aryl methyl sites for hydroxylation is 1. The summed E-state index contributed by atoms with van der Waals surface area (Å²) in [6.45, 7) is 1.73. The number of benzene rings is 1. The van der Waals surface area contributed by atoms with Crippen molar-refractivity contribution in [2.24, 2.45) is 0 Å². The highest BCUT2D eigenvalue weighted by Crippen LogP contribution is 2.20. The molecule has 0 bridgehead atoms. The number of hydrogen-bond donors (Lipinski definition) is 2. The van der Waals surface area contributed by atoms with Crippen LogP contribution in [-0.2, 0) is 16.0 Å².